The van der Waals surface area contributed by atoms with Crippen molar-refractivity contribution in [3.8, 4) is 115 Å². The molecule has 2 aliphatic heterocycles. The van der Waals surface area contributed by atoms with Crippen LogP contribution in [0, 0.1) is 0 Å². The van der Waals surface area contributed by atoms with Gasteiger partial charge in [0.1, 0.15) is 127 Å². The maximum absolute atomic E-state index is 17.1. The Hall–Kier alpha value is -19.5. The molecule has 0 bridgehead atoms. The second-order valence-electron chi connectivity index (χ2n) is 32.6. The third-order valence-corrected chi connectivity index (χ3v) is 23.3. The van der Waals surface area contributed by atoms with Gasteiger partial charge >= 0.3 is 23.9 Å². The molecular formula is C116H80N4O22. The number of nitrogens with one attached hydrogen (secondary N) is 2. The van der Waals surface area contributed by atoms with Gasteiger partial charge in [-0.15, -0.1) is 0 Å². The molecule has 19 rings (SSSR count). The summed E-state index contributed by atoms with van der Waals surface area (Å²) in [6, 6.07) is 89.6. The first-order valence-corrected chi connectivity index (χ1v) is 44.7. The molecule has 26 nitrogen and oxygen atoms in total. The lowest BCUT2D eigenvalue weighted by Crippen LogP contribution is -2.54. The largest absolute Gasteiger partial charge is 0.457 e. The van der Waals surface area contributed by atoms with E-state index in [4.69, 9.17) is 56.8 Å². The van der Waals surface area contributed by atoms with Crippen molar-refractivity contribution in [3.63, 3.8) is 0 Å². The van der Waals surface area contributed by atoms with E-state index in [1.165, 1.54) is 48.5 Å². The van der Waals surface area contributed by atoms with E-state index in [-0.39, 0.29) is 206 Å². The third-order valence-electron chi connectivity index (χ3n) is 23.3. The normalized spacial score (nSPS) is 12.3. The molecule has 2 heterocycles. The molecule has 0 aliphatic carbocycles. The van der Waals surface area contributed by atoms with Crippen LogP contribution in [0.2, 0.25) is 0 Å². The fourth-order valence-electron chi connectivity index (χ4n) is 16.9. The van der Waals surface area contributed by atoms with Gasteiger partial charge < -0.3 is 67.5 Å². The molecule has 0 saturated carbocycles. The van der Waals surface area contributed by atoms with Gasteiger partial charge in [0.15, 0.2) is 0 Å². The van der Waals surface area contributed by atoms with E-state index in [9.17, 15) is 19.2 Å². The van der Waals surface area contributed by atoms with Crippen LogP contribution in [0.15, 0.2) is 390 Å². The Morgan fingerprint density at radius 2 is 0.444 bits per heavy atom. The summed E-state index contributed by atoms with van der Waals surface area (Å²) in [5, 5.41) is 6.34. The highest BCUT2D eigenvalue weighted by molar-refractivity contribution is 6.45. The van der Waals surface area contributed by atoms with Crippen LogP contribution in [-0.4, -0.2) is 81.2 Å². The molecular weight excluding hydrogens is 1800 g/mol. The highest BCUT2D eigenvalue weighted by Gasteiger charge is 2.47. The van der Waals surface area contributed by atoms with E-state index in [1.807, 2.05) is 60.7 Å². The Morgan fingerprint density at radius 1 is 0.232 bits per heavy atom. The maximum Gasteiger partial charge on any atom is 0.335 e. The minimum Gasteiger partial charge on any atom is -0.457 e. The predicted molar refractivity (Wildman–Crippen MR) is 529 cm³/mol. The maximum atomic E-state index is 17.1. The van der Waals surface area contributed by atoms with E-state index < -0.39 is 71.4 Å². The molecule has 26 heteroatoms. The lowest BCUT2D eigenvalue weighted by atomic mass is 9.80. The fraction of sp³-hybridized carbons (Fsp3) is 0.0517. The number of amides is 6. The van der Waals surface area contributed by atoms with Crippen molar-refractivity contribution in [2.24, 2.45) is 0 Å². The van der Waals surface area contributed by atoms with Crippen molar-refractivity contribution in [2.75, 3.05) is 0 Å². The van der Waals surface area contributed by atoms with Crippen LogP contribution in [0.25, 0.3) is 43.1 Å². The second-order valence-corrected chi connectivity index (χ2v) is 32.6. The van der Waals surface area contributed by atoms with E-state index in [2.05, 4.69) is 36.9 Å². The number of hydrogen-bond acceptors (Lipinski definition) is 22. The molecule has 0 aromatic heterocycles. The van der Waals surface area contributed by atoms with Crippen molar-refractivity contribution in [1.82, 2.24) is 20.4 Å². The molecule has 17 aromatic rings. The summed E-state index contributed by atoms with van der Waals surface area (Å²) in [5.74, 6) is -5.41. The molecule has 0 fully saturated rings. The van der Waals surface area contributed by atoms with Crippen LogP contribution in [0.1, 0.15) is 63.7 Å². The molecule has 6 amide bonds. The monoisotopic (exact) mass is 1880 g/mol. The van der Waals surface area contributed by atoms with Gasteiger partial charge in [-0.25, -0.2) is 19.2 Å². The Bertz CT molecular complexity index is 7080. The molecule has 2 unspecified atom stereocenters. The van der Waals surface area contributed by atoms with Gasteiger partial charge in [-0.1, -0.05) is 172 Å². The summed E-state index contributed by atoms with van der Waals surface area (Å²) in [4.78, 5) is 151. The van der Waals surface area contributed by atoms with Crippen LogP contribution in [-0.2, 0) is 54.7 Å². The first-order chi connectivity index (χ1) is 69.2. The van der Waals surface area contributed by atoms with Gasteiger partial charge in [0.2, 0.25) is 11.8 Å². The number of benzene rings is 17. The van der Waals surface area contributed by atoms with Crippen LogP contribution in [0.3, 0.4) is 0 Å². The summed E-state index contributed by atoms with van der Waals surface area (Å²) < 4.78 is 77.0. The number of carbonyl (C=O) groups is 10. The number of carbonyl (C=O) groups excluding carboxylic acids is 10. The first-order valence-electron chi connectivity index (χ1n) is 44.7. The zero-order valence-electron chi connectivity index (χ0n) is 75.3. The Morgan fingerprint density at radius 3 is 0.669 bits per heavy atom. The first kappa shape index (κ1) is 91.6. The average molecular weight is 1880 g/mol. The number of esters is 4. The summed E-state index contributed by atoms with van der Waals surface area (Å²) in [7, 11) is 0. The highest BCUT2D eigenvalue weighted by atomic mass is 16.6. The van der Waals surface area contributed by atoms with Gasteiger partial charge in [-0.2, -0.15) is 0 Å². The van der Waals surface area contributed by atoms with Crippen molar-refractivity contribution in [3.05, 3.63) is 435 Å². The minimum atomic E-state index is -1.58. The highest BCUT2D eigenvalue weighted by Crippen LogP contribution is 2.59. The van der Waals surface area contributed by atoms with Crippen LogP contribution < -0.4 is 67.5 Å². The number of imide groups is 2. The van der Waals surface area contributed by atoms with Crippen LogP contribution in [0.5, 0.6) is 115 Å². The third kappa shape index (κ3) is 19.8. The Balaban J connectivity index is 0.892. The molecule has 2 N–H and O–H groups in total. The standard InChI is InChI=1S/C116H80N4O22/c1-5-99(121)139-85-37-21-33-81(59-85)131-73-41-49-77(50-42-73)135-95-63-89-103-90(114(128)119(113(89)127)93(57-69-25-13-9-14-26-69)111(125)117-67-71-29-17-11-18-30-71)65-97(137-79-53-45-75(46-54-79)133-83-35-23-39-87(61-83)141-101(123)7-3)107-108-98(138-80-55-47-76(48-56-80)134-84-36-24-40-88(62-84)142-102(124)8-4)66-92-104-91(115(129)120(116(92)130)94(58-70-27-15-10-16-28-70)112(126)118-68-72-31-19-12-20-32-72)64-96(106(110(104)108)105(95)109(103)107)136-78-51-43-74(44-52-78)132-82-34-22-38-86(60-82)140-100(122)6-2/h5-56,59-66,93-94H,1-4,57-58,67-68H2,(H,117,125)(H,118,126). The van der Waals surface area contributed by atoms with Crippen molar-refractivity contribution < 1.29 is 105 Å². The Labute approximate surface area is 810 Å². The lowest BCUT2D eigenvalue weighted by Gasteiger charge is -2.36. The molecule has 0 spiro atoms. The summed E-state index contributed by atoms with van der Waals surface area (Å²) >= 11 is 0. The number of nitrogens with zero attached hydrogens (tertiary/aromatic N) is 2. The van der Waals surface area contributed by atoms with E-state index >= 15 is 28.8 Å². The lowest BCUT2D eigenvalue weighted by molar-refractivity contribution is -0.129. The van der Waals surface area contributed by atoms with E-state index in [0.29, 0.717) is 22.3 Å². The van der Waals surface area contributed by atoms with Gasteiger partial charge in [0.05, 0.1) is 22.3 Å². The van der Waals surface area contributed by atoms with Crippen molar-refractivity contribution in [2.45, 2.75) is 38.0 Å². The molecule has 17 aromatic carbocycles. The molecule has 142 heavy (non-hydrogen) atoms. The Kier molecular flexibility index (Phi) is 26.2. The van der Waals surface area contributed by atoms with Gasteiger partial charge in [-0.3, -0.25) is 38.6 Å². The SMILES string of the molecule is C=CC(=O)Oc1cccc(Oc2ccc(Oc3cc4c5c(cc(Oc6ccc(Oc7cccc(OC(=O)C=C)c7)cc6)c6c7c(Oc8ccc(Oc9cccc(OC(=O)C=C)c9)cc8)cc8c9c(cc(Oc%10ccc(Oc%11cccc(OC(=O)C=C)c%11)cc%10)c(c3c56)c97)C(=O)N(C(Cc3ccccc3)C(=O)NCc3ccccc3)C8=O)C(=O)N(C(Cc3ccccc3)C(=O)NCc3ccccc3)C4=O)cc2)c1. The van der Waals surface area contributed by atoms with E-state index in [0.717, 1.165) is 34.1 Å². The second kappa shape index (κ2) is 40.6. The molecule has 2 atom stereocenters. The number of hydrogen-bond donors (Lipinski definition) is 2. The van der Waals surface area contributed by atoms with Crippen LogP contribution >= 0.6 is 0 Å². The summed E-state index contributed by atoms with van der Waals surface area (Å²) in [6.45, 7) is 14.1. The van der Waals surface area contributed by atoms with Crippen molar-refractivity contribution >= 4 is 102 Å². The minimum absolute atomic E-state index is 0.0113. The average Bonchev–Trinajstić information content (AvgIpc) is 0.668. The number of ether oxygens (including phenoxy) is 12. The topological polar surface area (TPSA) is 312 Å². The van der Waals surface area contributed by atoms with Crippen LogP contribution in [0.4, 0.5) is 0 Å². The molecule has 2 aliphatic rings. The van der Waals surface area contributed by atoms with Crippen molar-refractivity contribution in [1.29, 1.82) is 0 Å². The zero-order valence-corrected chi connectivity index (χ0v) is 75.3. The quantitative estimate of drug-likeness (QED) is 0.00920. The smallest absolute Gasteiger partial charge is 0.335 e. The molecule has 696 valence electrons. The summed E-state index contributed by atoms with van der Waals surface area (Å²) in [6.07, 6.45) is 3.71. The summed E-state index contributed by atoms with van der Waals surface area (Å²) in [5.41, 5.74) is 1.87. The van der Waals surface area contributed by atoms with Gasteiger partial charge in [0.25, 0.3) is 23.6 Å². The fourth-order valence-corrected chi connectivity index (χ4v) is 16.9. The zero-order chi connectivity index (χ0) is 98.0. The van der Waals surface area contributed by atoms with Gasteiger partial charge in [0, 0.05) is 118 Å². The molecule has 0 radical (unpaired) electrons. The molecule has 0 saturated heterocycles. The number of rotatable bonds is 36. The number of fused-ring (bicyclic) bond motifs is 2. The predicted octanol–water partition coefficient (Wildman–Crippen LogP) is 23.5. The van der Waals surface area contributed by atoms with E-state index in [1.54, 1.807) is 231 Å². The van der Waals surface area contributed by atoms with Gasteiger partial charge in [-0.05, 0) is 192 Å².